The van der Waals surface area contributed by atoms with Crippen molar-refractivity contribution < 1.29 is 19.4 Å². The maximum Gasteiger partial charge on any atom is 0.258 e. The van der Waals surface area contributed by atoms with Crippen LogP contribution in [0.3, 0.4) is 0 Å². The molecule has 1 aromatic carbocycles. The van der Waals surface area contributed by atoms with Crippen LogP contribution < -0.4 is 15.2 Å². The number of carboxylic acids is 1. The molecule has 0 unspecified atom stereocenters. The first-order valence-electron chi connectivity index (χ1n) is 5.60. The van der Waals surface area contributed by atoms with E-state index >= 15 is 0 Å². The first-order chi connectivity index (χ1) is 8.40. The number of amides is 1. The summed E-state index contributed by atoms with van der Waals surface area (Å²) in [6.45, 7) is 5.04. The monoisotopic (exact) mass is 250 g/mol. The molecule has 0 aliphatic rings. The van der Waals surface area contributed by atoms with Crippen molar-refractivity contribution in [2.24, 2.45) is 0 Å². The van der Waals surface area contributed by atoms with Crippen LogP contribution >= 0.6 is 0 Å². The molecule has 0 saturated carbocycles. The van der Waals surface area contributed by atoms with Crippen molar-refractivity contribution in [2.75, 3.05) is 6.61 Å². The number of carboxylic acid groups (broad SMARTS) is 1. The number of ether oxygens (including phenoxy) is 1. The molecule has 0 radical (unpaired) electrons. The topological polar surface area (TPSA) is 78.5 Å². The van der Waals surface area contributed by atoms with Gasteiger partial charge in [-0.15, -0.1) is 0 Å². The maximum atomic E-state index is 11.4. The van der Waals surface area contributed by atoms with Crippen molar-refractivity contribution >= 4 is 11.9 Å². The van der Waals surface area contributed by atoms with Crippen LogP contribution in [0.25, 0.3) is 0 Å². The smallest absolute Gasteiger partial charge is 0.258 e. The molecule has 0 spiro atoms. The van der Waals surface area contributed by atoms with Gasteiger partial charge in [-0.25, -0.2) is 0 Å². The highest BCUT2D eigenvalue weighted by atomic mass is 16.5. The molecule has 1 N–H and O–H groups in total. The molecule has 5 nitrogen and oxygen atoms in total. The first-order valence-corrected chi connectivity index (χ1v) is 5.60. The van der Waals surface area contributed by atoms with Crippen LogP contribution in [0.2, 0.25) is 0 Å². The zero-order valence-electron chi connectivity index (χ0n) is 10.6. The summed E-state index contributed by atoms with van der Waals surface area (Å²) in [4.78, 5) is 21.8. The van der Waals surface area contributed by atoms with Crippen LogP contribution in [-0.2, 0) is 9.59 Å². The molecule has 0 bridgehead atoms. The van der Waals surface area contributed by atoms with Crippen molar-refractivity contribution in [3.63, 3.8) is 0 Å². The molecule has 1 atom stereocenters. The molecule has 0 saturated heterocycles. The molecule has 5 heteroatoms. The highest BCUT2D eigenvalue weighted by Crippen LogP contribution is 2.16. The fraction of sp³-hybridized carbons (Fsp3) is 0.385. The average molecular weight is 250 g/mol. The van der Waals surface area contributed by atoms with Gasteiger partial charge in [0.25, 0.3) is 5.91 Å². The van der Waals surface area contributed by atoms with E-state index in [0.717, 1.165) is 11.1 Å². The van der Waals surface area contributed by atoms with Crippen LogP contribution in [0.4, 0.5) is 0 Å². The molecule has 0 aromatic heterocycles. The average Bonchev–Trinajstić information content (AvgIpc) is 2.30. The van der Waals surface area contributed by atoms with Crippen LogP contribution in [0.1, 0.15) is 18.1 Å². The third kappa shape index (κ3) is 4.08. The van der Waals surface area contributed by atoms with E-state index < -0.39 is 17.9 Å². The number of nitrogens with one attached hydrogen (secondary N) is 1. The lowest BCUT2D eigenvalue weighted by atomic mass is 10.1. The summed E-state index contributed by atoms with van der Waals surface area (Å²) in [6, 6.07) is 4.45. The Morgan fingerprint density at radius 3 is 2.56 bits per heavy atom. The SMILES string of the molecule is Cc1ccc(OCC(=O)N[C@@H](C)C(=O)[O-])cc1C. The molecule has 1 amide bonds. The Morgan fingerprint density at radius 2 is 2.00 bits per heavy atom. The second-order valence-corrected chi connectivity index (χ2v) is 4.14. The number of aryl methyl sites for hydroxylation is 2. The summed E-state index contributed by atoms with van der Waals surface area (Å²) in [7, 11) is 0. The number of rotatable bonds is 5. The van der Waals surface area contributed by atoms with E-state index in [0.29, 0.717) is 5.75 Å². The van der Waals surface area contributed by atoms with Gasteiger partial charge in [0.05, 0.1) is 12.0 Å². The first kappa shape index (κ1) is 14.0. The second kappa shape index (κ2) is 6.05. The summed E-state index contributed by atoms with van der Waals surface area (Å²) < 4.78 is 5.26. The van der Waals surface area contributed by atoms with Crippen LogP contribution in [0.15, 0.2) is 18.2 Å². The molecular weight excluding hydrogens is 234 g/mol. The van der Waals surface area contributed by atoms with E-state index in [4.69, 9.17) is 4.74 Å². The molecule has 1 aromatic rings. The van der Waals surface area contributed by atoms with Gasteiger partial charge in [-0.1, -0.05) is 6.07 Å². The molecule has 18 heavy (non-hydrogen) atoms. The summed E-state index contributed by atoms with van der Waals surface area (Å²) in [5.41, 5.74) is 2.20. The number of aliphatic carboxylic acids is 1. The lowest BCUT2D eigenvalue weighted by molar-refractivity contribution is -0.307. The minimum absolute atomic E-state index is 0.222. The van der Waals surface area contributed by atoms with Crippen LogP contribution in [0.5, 0.6) is 5.75 Å². The number of hydrogen-bond acceptors (Lipinski definition) is 4. The van der Waals surface area contributed by atoms with Gasteiger partial charge in [-0.05, 0) is 44.0 Å². The predicted molar refractivity (Wildman–Crippen MR) is 64.0 cm³/mol. The number of benzene rings is 1. The van der Waals surface area contributed by atoms with Gasteiger partial charge in [-0.3, -0.25) is 4.79 Å². The zero-order valence-corrected chi connectivity index (χ0v) is 10.6. The van der Waals surface area contributed by atoms with Crippen molar-refractivity contribution in [1.82, 2.24) is 5.32 Å². The Bertz CT molecular complexity index is 456. The van der Waals surface area contributed by atoms with E-state index in [9.17, 15) is 14.7 Å². The summed E-state index contributed by atoms with van der Waals surface area (Å²) in [5.74, 6) is -1.24. The van der Waals surface area contributed by atoms with Gasteiger partial charge in [0, 0.05) is 0 Å². The molecule has 0 aliphatic carbocycles. The highest BCUT2D eigenvalue weighted by molar-refractivity contribution is 5.83. The standard InChI is InChI=1S/C13H17NO4/c1-8-4-5-11(6-9(8)2)18-7-12(15)14-10(3)13(16)17/h4-6,10H,7H2,1-3H3,(H,14,15)(H,16,17)/p-1/t10-/m0/s1. The van der Waals surface area contributed by atoms with E-state index in [1.807, 2.05) is 26.0 Å². The van der Waals surface area contributed by atoms with Gasteiger partial charge in [0.1, 0.15) is 5.75 Å². The summed E-state index contributed by atoms with van der Waals surface area (Å²) >= 11 is 0. The maximum absolute atomic E-state index is 11.4. The quantitative estimate of drug-likeness (QED) is 0.794. The Kier molecular flexibility index (Phi) is 4.71. The molecule has 98 valence electrons. The van der Waals surface area contributed by atoms with Crippen LogP contribution in [0, 0.1) is 13.8 Å². The zero-order chi connectivity index (χ0) is 13.7. The Labute approximate surface area is 106 Å². The van der Waals surface area contributed by atoms with Gasteiger partial charge < -0.3 is 20.0 Å². The second-order valence-electron chi connectivity index (χ2n) is 4.14. The lowest BCUT2D eigenvalue weighted by Gasteiger charge is -2.15. The molecule has 0 heterocycles. The van der Waals surface area contributed by atoms with Gasteiger partial charge >= 0.3 is 0 Å². The summed E-state index contributed by atoms with van der Waals surface area (Å²) in [5, 5.41) is 12.7. The van der Waals surface area contributed by atoms with Crippen molar-refractivity contribution in [2.45, 2.75) is 26.8 Å². The van der Waals surface area contributed by atoms with E-state index in [1.54, 1.807) is 6.07 Å². The minimum atomic E-state index is -1.32. The predicted octanol–water partition coefficient (Wildman–Crippen LogP) is -0.0632. The number of hydrogen-bond donors (Lipinski definition) is 1. The van der Waals surface area contributed by atoms with Gasteiger partial charge in [0.15, 0.2) is 6.61 Å². The molecular formula is C13H16NO4-. The third-order valence-electron chi connectivity index (χ3n) is 2.58. The fourth-order valence-corrected chi connectivity index (χ4v) is 1.29. The Morgan fingerprint density at radius 1 is 1.33 bits per heavy atom. The van der Waals surface area contributed by atoms with Gasteiger partial charge in [-0.2, -0.15) is 0 Å². The largest absolute Gasteiger partial charge is 0.548 e. The fourth-order valence-electron chi connectivity index (χ4n) is 1.29. The lowest BCUT2D eigenvalue weighted by Crippen LogP contribution is -2.47. The van der Waals surface area contributed by atoms with Crippen LogP contribution in [-0.4, -0.2) is 24.5 Å². The Hall–Kier alpha value is -2.04. The van der Waals surface area contributed by atoms with Crippen molar-refractivity contribution in [3.8, 4) is 5.75 Å². The van der Waals surface area contributed by atoms with E-state index in [-0.39, 0.29) is 6.61 Å². The normalized spacial score (nSPS) is 11.7. The number of carbonyl (C=O) groups is 2. The van der Waals surface area contributed by atoms with E-state index in [2.05, 4.69) is 5.32 Å². The minimum Gasteiger partial charge on any atom is -0.548 e. The summed E-state index contributed by atoms with van der Waals surface area (Å²) in [6.07, 6.45) is 0. The molecule has 0 aliphatic heterocycles. The Balaban J connectivity index is 2.47. The number of carbonyl (C=O) groups excluding carboxylic acids is 2. The molecule has 0 fully saturated rings. The molecule has 1 rings (SSSR count). The van der Waals surface area contributed by atoms with Crippen molar-refractivity contribution in [3.05, 3.63) is 29.3 Å². The van der Waals surface area contributed by atoms with Crippen molar-refractivity contribution in [1.29, 1.82) is 0 Å². The van der Waals surface area contributed by atoms with E-state index in [1.165, 1.54) is 6.92 Å². The highest BCUT2D eigenvalue weighted by Gasteiger charge is 2.08. The van der Waals surface area contributed by atoms with Gasteiger partial charge in [0.2, 0.25) is 0 Å². The third-order valence-corrected chi connectivity index (χ3v) is 2.58.